The maximum atomic E-state index is 11.2. The summed E-state index contributed by atoms with van der Waals surface area (Å²) in [6.07, 6.45) is -10.2. The van der Waals surface area contributed by atoms with E-state index in [9.17, 15) is 31.1 Å². The van der Waals surface area contributed by atoms with Gasteiger partial charge in [0.2, 0.25) is 0 Å². The normalized spacial score (nSPS) is 10.5. The van der Waals surface area contributed by atoms with Crippen molar-refractivity contribution in [3.05, 3.63) is 0 Å². The number of ether oxygens (including phenoxy) is 2. The van der Waals surface area contributed by atoms with Crippen LogP contribution in [-0.4, -0.2) is 36.9 Å². The Labute approximate surface area is 96.3 Å². The summed E-state index contributed by atoms with van der Waals surface area (Å²) in [4.78, 5) is 18.9. The number of aliphatic hydroxyl groups excluding tert-OH is 1. The van der Waals surface area contributed by atoms with Crippen LogP contribution in [0, 0.1) is 0 Å². The Morgan fingerprint density at radius 1 is 1.11 bits per heavy atom. The van der Waals surface area contributed by atoms with Crippen molar-refractivity contribution >= 4 is 12.4 Å². The smallest absolute Gasteiger partial charge is 0.575 e. The first-order valence-electron chi connectivity index (χ1n) is 4.03. The molecule has 0 fully saturated rings. The van der Waals surface area contributed by atoms with Crippen molar-refractivity contribution in [2.24, 2.45) is 0 Å². The van der Waals surface area contributed by atoms with Crippen LogP contribution in [0.25, 0.3) is 0 Å². The third-order valence-electron chi connectivity index (χ3n) is 0.926. The van der Waals surface area contributed by atoms with Crippen molar-refractivity contribution in [3.63, 3.8) is 0 Å². The van der Waals surface area contributed by atoms with E-state index in [0.717, 1.165) is 0 Å². The van der Waals surface area contributed by atoms with E-state index in [1.807, 2.05) is 0 Å². The van der Waals surface area contributed by atoms with Crippen molar-refractivity contribution in [2.45, 2.75) is 25.6 Å². The largest absolute Gasteiger partial charge is 0.576 e. The van der Waals surface area contributed by atoms with E-state index in [4.69, 9.17) is 9.90 Å². The van der Waals surface area contributed by atoms with E-state index in [1.165, 1.54) is 0 Å². The first-order valence-corrected chi connectivity index (χ1v) is 4.03. The molecule has 0 atom stereocenters. The van der Waals surface area contributed by atoms with Crippen LogP contribution in [0.1, 0.15) is 12.8 Å². The minimum atomic E-state index is -4.91. The zero-order chi connectivity index (χ0) is 14.8. The fraction of sp³-hybridized carbons (Fsp3) is 0.714. The van der Waals surface area contributed by atoms with Gasteiger partial charge in [0.05, 0.1) is 0 Å². The third kappa shape index (κ3) is 25.6. The monoisotopic (exact) mass is 552 g/mol. The Morgan fingerprint density at radius 2 is 1.58 bits per heavy atom. The molecule has 0 unspecified atom stereocenters. The number of carbonyl (C=O) groups is 1. The standard InChI is InChI=1S/C5H7F3O3.C2F3O2.Rf/c6-5(7,8)11-4(10)2-1-3-9;3-2(4,5)7-1-6;/h9H,1-3H2;;/q;-1;. The molecule has 0 aliphatic heterocycles. The quantitative estimate of drug-likeness (QED) is 0.325. The molecule has 0 spiro atoms. The number of carbonyl (C=O) groups excluding carboxylic acids is 2. The van der Waals surface area contributed by atoms with E-state index in [-0.39, 0.29) is 19.5 Å². The fourth-order valence-electron chi connectivity index (χ4n) is 0.451. The molecule has 0 saturated carbocycles. The van der Waals surface area contributed by atoms with Crippen molar-refractivity contribution in [2.75, 3.05) is 6.61 Å². The van der Waals surface area contributed by atoms with Gasteiger partial charge in [-0.2, -0.15) is 0 Å². The number of halogens is 6. The second-order valence-electron chi connectivity index (χ2n) is 2.38. The molecular weight excluding hydrogens is 545 g/mol. The minimum Gasteiger partial charge on any atom is -0.576 e. The van der Waals surface area contributed by atoms with Gasteiger partial charge in [-0.25, -0.2) is 0 Å². The third-order valence-corrected chi connectivity index (χ3v) is 0.926. The Kier molecular flexibility index (Phi) is 10.9. The van der Waals surface area contributed by atoms with E-state index in [2.05, 4.69) is 9.47 Å². The average Bonchev–Trinajstić information content (AvgIpc) is 2.11. The van der Waals surface area contributed by atoms with E-state index in [0.29, 0.717) is 0 Å². The summed E-state index contributed by atoms with van der Waals surface area (Å²) in [5.41, 5.74) is 0. The molecule has 0 aromatic carbocycles. The summed E-state index contributed by atoms with van der Waals surface area (Å²) >= 11 is 0. The predicted octanol–water partition coefficient (Wildman–Crippen LogP) is 1.41. The SMILES string of the molecule is O=C(CCCO)OC(F)(F)F.O=[C-]OC(F)(F)F.[Rf]. The Balaban J connectivity index is -0.000000280. The zero-order valence-electron chi connectivity index (χ0n) is 9.18. The van der Waals surface area contributed by atoms with Gasteiger partial charge >= 0.3 is 18.7 Å². The number of esters is 1. The Bertz CT molecular complexity index is 253. The molecule has 0 saturated heterocycles. The van der Waals surface area contributed by atoms with Crippen molar-refractivity contribution in [1.29, 1.82) is 0 Å². The molecule has 1 N–H and O–H groups in total. The van der Waals surface area contributed by atoms with Crippen LogP contribution in [0.3, 0.4) is 0 Å². The van der Waals surface area contributed by atoms with E-state index >= 15 is 0 Å². The average molecular weight is 552 g/mol. The van der Waals surface area contributed by atoms with Gasteiger partial charge in [-0.1, -0.05) is 6.47 Å². The van der Waals surface area contributed by atoms with Gasteiger partial charge < -0.3 is 19.4 Å². The van der Waals surface area contributed by atoms with Crippen LogP contribution in [0.5, 0.6) is 0 Å². The zero-order valence-corrected chi connectivity index (χ0v) is 15.6. The molecular formula is C7H7F6O5Rf-. The predicted molar refractivity (Wildman–Crippen MR) is 41.3 cm³/mol. The maximum absolute atomic E-state index is 11.2. The Morgan fingerprint density at radius 3 is 1.79 bits per heavy atom. The number of rotatable bonds is 4. The number of hydrogen-bond donors (Lipinski definition) is 1. The van der Waals surface area contributed by atoms with Crippen LogP contribution in [0.2, 0.25) is 0 Å². The van der Waals surface area contributed by atoms with Crippen LogP contribution in [-0.2, 0) is 19.1 Å². The summed E-state index contributed by atoms with van der Waals surface area (Å²) in [5, 5.41) is 8.12. The Hall–Kier alpha value is -2.52. The number of hydrogen-bond acceptors (Lipinski definition) is 5. The van der Waals surface area contributed by atoms with E-state index < -0.39 is 25.1 Å². The van der Waals surface area contributed by atoms with Crippen molar-refractivity contribution in [1.82, 2.24) is 0 Å². The molecule has 5 nitrogen and oxygen atoms in total. The van der Waals surface area contributed by atoms with Gasteiger partial charge in [-0.05, 0) is 6.42 Å². The minimum absolute atomic E-state index is 0. The molecule has 0 bridgehead atoms. The van der Waals surface area contributed by atoms with Crippen LogP contribution < -0.4 is 0 Å². The maximum Gasteiger partial charge on any atom is 0.575 e. The van der Waals surface area contributed by atoms with Gasteiger partial charge in [0.1, 0.15) is 0 Å². The summed E-state index contributed by atoms with van der Waals surface area (Å²) in [7, 11) is 0. The molecule has 110 valence electrons. The molecule has 0 amide bonds. The molecule has 0 aromatic rings. The fourth-order valence-corrected chi connectivity index (χ4v) is 0.451. The molecule has 0 radical (unpaired) electrons. The van der Waals surface area contributed by atoms with Gasteiger partial charge in [0.25, 0.3) is 0 Å². The molecule has 0 aliphatic carbocycles. The van der Waals surface area contributed by atoms with Crippen LogP contribution >= 0.6 is 0 Å². The van der Waals surface area contributed by atoms with Crippen LogP contribution in [0.15, 0.2) is 0 Å². The summed E-state index contributed by atoms with van der Waals surface area (Å²) in [6.45, 7) is -0.0938. The van der Waals surface area contributed by atoms with E-state index in [1.54, 1.807) is 0 Å². The molecule has 12 heteroatoms. The first-order chi connectivity index (χ1) is 8.02. The first kappa shape index (κ1) is 21.7. The second-order valence-corrected chi connectivity index (χ2v) is 2.38. The molecule has 19 heavy (non-hydrogen) atoms. The van der Waals surface area contributed by atoms with Gasteiger partial charge in [0.15, 0.2) is 0 Å². The number of aliphatic hydroxyl groups is 1. The van der Waals surface area contributed by atoms with Gasteiger partial charge in [-0.3, -0.25) is 4.79 Å². The van der Waals surface area contributed by atoms with Crippen LogP contribution in [0.4, 0.5) is 26.3 Å². The summed E-state index contributed by atoms with van der Waals surface area (Å²) < 4.78 is 70.8. The summed E-state index contributed by atoms with van der Waals surface area (Å²) in [6, 6.07) is 0. The van der Waals surface area contributed by atoms with Crippen molar-refractivity contribution in [3.8, 4) is 0 Å². The molecule has 0 aliphatic rings. The molecule has 0 heterocycles. The number of alkyl halides is 6. The van der Waals surface area contributed by atoms with Gasteiger partial charge in [0, 0.05) is 13.0 Å². The molecule has 0 aromatic heterocycles. The second kappa shape index (κ2) is 9.50. The summed E-state index contributed by atoms with van der Waals surface area (Å²) in [5.74, 6) is -1.37. The topological polar surface area (TPSA) is 72.8 Å². The van der Waals surface area contributed by atoms with Crippen molar-refractivity contribution < 1.29 is 50.5 Å². The molecule has 0 rings (SSSR count). The van der Waals surface area contributed by atoms with Gasteiger partial charge in [-0.15, -0.1) is 26.3 Å².